The molecule has 0 aromatic heterocycles. The highest BCUT2D eigenvalue weighted by atomic mass is 16.6. The number of nitro benzene ring substituents is 1. The van der Waals surface area contributed by atoms with Crippen LogP contribution in [0.1, 0.15) is 12.5 Å². The quantitative estimate of drug-likeness (QED) is 0.502. The molecule has 0 saturated heterocycles. The fraction of sp³-hybridized carbons (Fsp3) is 0.571. The van der Waals surface area contributed by atoms with Gasteiger partial charge in [0.15, 0.2) is 0 Å². The summed E-state index contributed by atoms with van der Waals surface area (Å²) in [6.07, 6.45) is 0. The number of hydrogen-bond acceptors (Lipinski definition) is 6. The molecule has 0 heterocycles. The minimum atomic E-state index is -0.382. The van der Waals surface area contributed by atoms with Crippen molar-refractivity contribution in [1.29, 1.82) is 0 Å². The van der Waals surface area contributed by atoms with Crippen LogP contribution in [-0.2, 0) is 11.3 Å². The van der Waals surface area contributed by atoms with Gasteiger partial charge < -0.3 is 15.2 Å². The van der Waals surface area contributed by atoms with Gasteiger partial charge in [-0.2, -0.15) is 0 Å². The van der Waals surface area contributed by atoms with E-state index in [1.165, 1.54) is 0 Å². The van der Waals surface area contributed by atoms with E-state index in [2.05, 4.69) is 5.32 Å². The molecule has 7 nitrogen and oxygen atoms in total. The molecule has 0 spiro atoms. The van der Waals surface area contributed by atoms with Crippen molar-refractivity contribution >= 4 is 11.4 Å². The summed E-state index contributed by atoms with van der Waals surface area (Å²) in [5, 5.41) is 23.2. The maximum atomic E-state index is 11.1. The van der Waals surface area contributed by atoms with E-state index in [4.69, 9.17) is 9.84 Å². The molecule has 7 heteroatoms. The molecule has 0 radical (unpaired) electrons. The van der Waals surface area contributed by atoms with Gasteiger partial charge >= 0.3 is 0 Å². The van der Waals surface area contributed by atoms with Gasteiger partial charge in [-0.1, -0.05) is 6.07 Å². The molecule has 1 aromatic rings. The minimum absolute atomic E-state index is 0.0429. The summed E-state index contributed by atoms with van der Waals surface area (Å²) in [6, 6.07) is 5.17. The van der Waals surface area contributed by atoms with Crippen LogP contribution in [0, 0.1) is 10.1 Å². The van der Waals surface area contributed by atoms with Crippen LogP contribution in [0.4, 0.5) is 11.4 Å². The van der Waals surface area contributed by atoms with Crippen LogP contribution in [0.5, 0.6) is 0 Å². The van der Waals surface area contributed by atoms with Gasteiger partial charge in [0.2, 0.25) is 0 Å². The molecule has 0 unspecified atom stereocenters. The summed E-state index contributed by atoms with van der Waals surface area (Å²) in [4.78, 5) is 12.7. The number of benzene rings is 1. The molecule has 0 saturated carbocycles. The Kier molecular flexibility index (Phi) is 7.66. The fourth-order valence-corrected chi connectivity index (χ4v) is 2.06. The van der Waals surface area contributed by atoms with Crippen LogP contribution in [0.25, 0.3) is 0 Å². The molecule has 0 aliphatic heterocycles. The van der Waals surface area contributed by atoms with Gasteiger partial charge in [0.25, 0.3) is 5.69 Å². The fourth-order valence-electron chi connectivity index (χ4n) is 2.06. The summed E-state index contributed by atoms with van der Waals surface area (Å²) < 4.78 is 5.03. The van der Waals surface area contributed by atoms with Gasteiger partial charge in [0.1, 0.15) is 5.69 Å². The van der Waals surface area contributed by atoms with Gasteiger partial charge in [-0.15, -0.1) is 0 Å². The number of methoxy groups -OCH3 is 1. The van der Waals surface area contributed by atoms with E-state index >= 15 is 0 Å². The minimum Gasteiger partial charge on any atom is -0.395 e. The Balaban J connectivity index is 2.86. The molecular weight excluding hydrogens is 274 g/mol. The van der Waals surface area contributed by atoms with Crippen molar-refractivity contribution in [2.75, 3.05) is 45.3 Å². The summed E-state index contributed by atoms with van der Waals surface area (Å²) in [7, 11) is 1.62. The second-order valence-electron chi connectivity index (χ2n) is 4.63. The van der Waals surface area contributed by atoms with E-state index < -0.39 is 0 Å². The molecule has 0 aliphatic rings. The monoisotopic (exact) mass is 297 g/mol. The second-order valence-corrected chi connectivity index (χ2v) is 4.63. The Morgan fingerprint density at radius 2 is 2.19 bits per heavy atom. The maximum Gasteiger partial charge on any atom is 0.292 e. The highest BCUT2D eigenvalue weighted by Gasteiger charge is 2.15. The summed E-state index contributed by atoms with van der Waals surface area (Å²) in [5.74, 6) is 0. The average Bonchev–Trinajstić information content (AvgIpc) is 2.46. The van der Waals surface area contributed by atoms with E-state index in [0.29, 0.717) is 38.5 Å². The molecule has 0 aliphatic carbocycles. The third-order valence-electron chi connectivity index (χ3n) is 3.06. The van der Waals surface area contributed by atoms with Crippen LogP contribution in [0.2, 0.25) is 0 Å². The Labute approximate surface area is 124 Å². The third kappa shape index (κ3) is 5.66. The molecule has 0 amide bonds. The summed E-state index contributed by atoms with van der Waals surface area (Å²) >= 11 is 0. The van der Waals surface area contributed by atoms with E-state index in [9.17, 15) is 10.1 Å². The SMILES string of the molecule is CCNc1ccc(CN(CCO)CCOC)cc1[N+](=O)[O-]. The normalized spacial score (nSPS) is 10.9. The molecule has 118 valence electrons. The van der Waals surface area contributed by atoms with Gasteiger partial charge in [-0.3, -0.25) is 15.0 Å². The van der Waals surface area contributed by atoms with E-state index in [-0.39, 0.29) is 17.2 Å². The van der Waals surface area contributed by atoms with Crippen molar-refractivity contribution in [1.82, 2.24) is 4.90 Å². The number of aliphatic hydroxyl groups is 1. The molecule has 0 bridgehead atoms. The molecule has 1 aromatic carbocycles. The van der Waals surface area contributed by atoms with E-state index in [0.717, 1.165) is 5.56 Å². The maximum absolute atomic E-state index is 11.1. The van der Waals surface area contributed by atoms with Crippen molar-refractivity contribution in [3.05, 3.63) is 33.9 Å². The highest BCUT2D eigenvalue weighted by molar-refractivity contribution is 5.62. The lowest BCUT2D eigenvalue weighted by Gasteiger charge is -2.21. The summed E-state index contributed by atoms with van der Waals surface area (Å²) in [5.41, 5.74) is 1.44. The number of ether oxygens (including phenoxy) is 1. The summed E-state index contributed by atoms with van der Waals surface area (Å²) in [6.45, 7) is 4.83. The van der Waals surface area contributed by atoms with Crippen LogP contribution >= 0.6 is 0 Å². The Morgan fingerprint density at radius 1 is 1.43 bits per heavy atom. The molecule has 21 heavy (non-hydrogen) atoms. The van der Waals surface area contributed by atoms with Crippen molar-refractivity contribution < 1.29 is 14.8 Å². The zero-order valence-corrected chi connectivity index (χ0v) is 12.5. The first-order valence-corrected chi connectivity index (χ1v) is 6.95. The number of nitrogens with zero attached hydrogens (tertiary/aromatic N) is 2. The number of anilines is 1. The molecule has 2 N–H and O–H groups in total. The lowest BCUT2D eigenvalue weighted by molar-refractivity contribution is -0.384. The molecule has 1 rings (SSSR count). The van der Waals surface area contributed by atoms with Gasteiger partial charge in [0.05, 0.1) is 18.1 Å². The van der Waals surface area contributed by atoms with Crippen molar-refractivity contribution in [2.24, 2.45) is 0 Å². The van der Waals surface area contributed by atoms with Crippen LogP contribution in [-0.4, -0.2) is 54.9 Å². The second kappa shape index (κ2) is 9.28. The zero-order chi connectivity index (χ0) is 15.7. The number of nitro groups is 1. The standard InChI is InChI=1S/C14H23N3O4/c1-3-15-13-5-4-12(10-14(13)17(19)20)11-16(6-8-18)7-9-21-2/h4-5,10,15,18H,3,6-9,11H2,1-2H3. The lowest BCUT2D eigenvalue weighted by Crippen LogP contribution is -2.29. The van der Waals surface area contributed by atoms with Crippen molar-refractivity contribution in [3.8, 4) is 0 Å². The first kappa shape index (κ1) is 17.4. The number of rotatable bonds is 10. The largest absolute Gasteiger partial charge is 0.395 e. The molecule has 0 fully saturated rings. The van der Waals surface area contributed by atoms with E-state index in [1.54, 1.807) is 19.2 Å². The first-order valence-electron chi connectivity index (χ1n) is 6.95. The Bertz CT molecular complexity index is 454. The predicted octanol–water partition coefficient (Wildman–Crippen LogP) is 1.47. The lowest BCUT2D eigenvalue weighted by atomic mass is 10.1. The van der Waals surface area contributed by atoms with Crippen LogP contribution < -0.4 is 5.32 Å². The average molecular weight is 297 g/mol. The smallest absolute Gasteiger partial charge is 0.292 e. The van der Waals surface area contributed by atoms with E-state index in [1.807, 2.05) is 17.9 Å². The first-order chi connectivity index (χ1) is 10.1. The zero-order valence-electron chi connectivity index (χ0n) is 12.5. The van der Waals surface area contributed by atoms with Crippen molar-refractivity contribution in [3.63, 3.8) is 0 Å². The Morgan fingerprint density at radius 3 is 2.76 bits per heavy atom. The third-order valence-corrected chi connectivity index (χ3v) is 3.06. The number of aliphatic hydroxyl groups excluding tert-OH is 1. The molecule has 0 atom stereocenters. The van der Waals surface area contributed by atoms with Crippen LogP contribution in [0.3, 0.4) is 0 Å². The van der Waals surface area contributed by atoms with Gasteiger partial charge in [-0.25, -0.2) is 0 Å². The van der Waals surface area contributed by atoms with Gasteiger partial charge in [-0.05, 0) is 18.6 Å². The Hall–Kier alpha value is -1.70. The van der Waals surface area contributed by atoms with Crippen LogP contribution in [0.15, 0.2) is 18.2 Å². The number of nitrogens with one attached hydrogen (secondary N) is 1. The van der Waals surface area contributed by atoms with Crippen molar-refractivity contribution in [2.45, 2.75) is 13.5 Å². The van der Waals surface area contributed by atoms with Gasteiger partial charge in [0, 0.05) is 39.4 Å². The highest BCUT2D eigenvalue weighted by Crippen LogP contribution is 2.26. The predicted molar refractivity (Wildman–Crippen MR) is 81.5 cm³/mol. The number of hydrogen-bond donors (Lipinski definition) is 2. The topological polar surface area (TPSA) is 87.9 Å². The molecular formula is C14H23N3O4.